The molecule has 0 saturated carbocycles. The van der Waals surface area contributed by atoms with Gasteiger partial charge in [0.1, 0.15) is 0 Å². The van der Waals surface area contributed by atoms with Gasteiger partial charge in [0, 0.05) is 11.1 Å². The Hall–Kier alpha value is -1.84. The second kappa shape index (κ2) is 4.44. The largest absolute Gasteiger partial charge is 0.203 e. The molecule has 0 aliphatic carbocycles. The average Bonchev–Trinajstić information content (AvgIpc) is 2.35. The molecule has 0 radical (unpaired) electrons. The van der Waals surface area contributed by atoms with Gasteiger partial charge in [-0.3, -0.25) is 0 Å². The summed E-state index contributed by atoms with van der Waals surface area (Å²) >= 11 is 0. The number of aryl methyl sites for hydroxylation is 2. The summed E-state index contributed by atoms with van der Waals surface area (Å²) in [6.07, 6.45) is 0. The van der Waals surface area contributed by atoms with E-state index in [0.29, 0.717) is 0 Å². The molecule has 18 heavy (non-hydrogen) atoms. The van der Waals surface area contributed by atoms with Gasteiger partial charge in [0.25, 0.3) is 0 Å². The van der Waals surface area contributed by atoms with Crippen molar-refractivity contribution in [2.45, 2.75) is 13.8 Å². The number of hydrogen-bond acceptors (Lipinski definition) is 0. The molecule has 0 atom stereocenters. The fraction of sp³-hybridized carbons (Fsp3) is 0.143. The fourth-order valence-corrected chi connectivity index (χ4v) is 1.71. The Balaban J connectivity index is 2.71. The predicted octanol–water partition coefficient (Wildman–Crippen LogP) is 4.53. The van der Waals surface area contributed by atoms with Crippen LogP contribution in [0, 0.1) is 37.1 Å². The third-order valence-corrected chi connectivity index (χ3v) is 2.84. The Bertz CT molecular complexity index is 562. The van der Waals surface area contributed by atoms with Crippen molar-refractivity contribution in [2.24, 2.45) is 0 Å². The van der Waals surface area contributed by atoms with E-state index in [1.165, 1.54) is 38.1 Å². The van der Waals surface area contributed by atoms with Crippen molar-refractivity contribution in [1.82, 2.24) is 0 Å². The molecular weight excluding hydrogens is 244 g/mol. The van der Waals surface area contributed by atoms with Crippen LogP contribution in [0.25, 0.3) is 11.1 Å². The summed E-state index contributed by atoms with van der Waals surface area (Å²) in [7, 11) is 0. The normalized spacial score (nSPS) is 10.8. The molecule has 94 valence electrons. The van der Waals surface area contributed by atoms with Crippen molar-refractivity contribution in [3.8, 4) is 11.1 Å². The maximum Gasteiger partial charge on any atom is 0.167 e. The Morgan fingerprint density at radius 2 is 0.889 bits per heavy atom. The minimum absolute atomic E-state index is 0.115. The molecule has 0 aliphatic heterocycles. The Morgan fingerprint density at radius 1 is 0.556 bits per heavy atom. The Morgan fingerprint density at radius 3 is 1.22 bits per heavy atom. The van der Waals surface area contributed by atoms with Gasteiger partial charge in [-0.1, -0.05) is 24.3 Å². The van der Waals surface area contributed by atoms with E-state index in [1.54, 1.807) is 0 Å². The first-order valence-electron chi connectivity index (χ1n) is 5.33. The zero-order valence-corrected chi connectivity index (χ0v) is 9.82. The second-order valence-electron chi connectivity index (χ2n) is 4.12. The number of halogens is 4. The SMILES string of the molecule is Cc1ccc(-c2ccc(C)c(F)c2F)c(F)c1F. The van der Waals surface area contributed by atoms with Crippen molar-refractivity contribution in [3.05, 3.63) is 58.7 Å². The van der Waals surface area contributed by atoms with Gasteiger partial charge in [-0.05, 0) is 25.0 Å². The van der Waals surface area contributed by atoms with Crippen LogP contribution in [0.15, 0.2) is 24.3 Å². The van der Waals surface area contributed by atoms with E-state index in [2.05, 4.69) is 0 Å². The topological polar surface area (TPSA) is 0 Å². The summed E-state index contributed by atoms with van der Waals surface area (Å²) in [6, 6.07) is 5.12. The van der Waals surface area contributed by atoms with Crippen molar-refractivity contribution in [3.63, 3.8) is 0 Å². The van der Waals surface area contributed by atoms with E-state index < -0.39 is 23.3 Å². The van der Waals surface area contributed by atoms with Crippen LogP contribution in [0.4, 0.5) is 17.6 Å². The van der Waals surface area contributed by atoms with Gasteiger partial charge in [0.05, 0.1) is 0 Å². The van der Waals surface area contributed by atoms with Crippen molar-refractivity contribution >= 4 is 0 Å². The molecule has 4 heteroatoms. The Kier molecular flexibility index (Phi) is 3.11. The third kappa shape index (κ3) is 1.88. The van der Waals surface area contributed by atoms with Gasteiger partial charge in [-0.2, -0.15) is 0 Å². The first-order chi connectivity index (χ1) is 8.43. The van der Waals surface area contributed by atoms with E-state index in [-0.39, 0.29) is 22.3 Å². The minimum atomic E-state index is -1.17. The molecule has 2 aromatic carbocycles. The van der Waals surface area contributed by atoms with E-state index >= 15 is 0 Å². The zero-order valence-electron chi connectivity index (χ0n) is 9.82. The van der Waals surface area contributed by atoms with Crippen LogP contribution in [-0.4, -0.2) is 0 Å². The number of hydrogen-bond donors (Lipinski definition) is 0. The lowest BCUT2D eigenvalue weighted by Gasteiger charge is -2.09. The van der Waals surface area contributed by atoms with Gasteiger partial charge in [-0.25, -0.2) is 17.6 Å². The number of rotatable bonds is 1. The molecule has 2 rings (SSSR count). The molecule has 0 unspecified atom stereocenters. The fourth-order valence-electron chi connectivity index (χ4n) is 1.71. The number of benzene rings is 2. The van der Waals surface area contributed by atoms with Crippen LogP contribution < -0.4 is 0 Å². The third-order valence-electron chi connectivity index (χ3n) is 2.84. The highest BCUT2D eigenvalue weighted by Gasteiger charge is 2.18. The van der Waals surface area contributed by atoms with E-state index in [4.69, 9.17) is 0 Å². The monoisotopic (exact) mass is 254 g/mol. The van der Waals surface area contributed by atoms with Crippen molar-refractivity contribution in [2.75, 3.05) is 0 Å². The predicted molar refractivity (Wildman–Crippen MR) is 61.2 cm³/mol. The standard InChI is InChI=1S/C14H10F4/c1-7-3-5-9(13(17)11(7)15)10-6-4-8(2)12(16)14(10)18/h3-6H,1-2H3. The molecule has 0 spiro atoms. The molecule has 0 amide bonds. The Labute approximate surface area is 102 Å². The molecule has 0 aromatic heterocycles. The molecule has 0 bridgehead atoms. The van der Waals surface area contributed by atoms with Crippen LogP contribution >= 0.6 is 0 Å². The highest BCUT2D eigenvalue weighted by molar-refractivity contribution is 5.66. The molecule has 0 aliphatic rings. The van der Waals surface area contributed by atoms with Gasteiger partial charge >= 0.3 is 0 Å². The maximum absolute atomic E-state index is 13.7. The molecule has 0 heterocycles. The first-order valence-corrected chi connectivity index (χ1v) is 5.33. The molecule has 2 aromatic rings. The summed E-state index contributed by atoms with van der Waals surface area (Å²) in [5.74, 6) is -4.44. The van der Waals surface area contributed by atoms with Gasteiger partial charge in [0.15, 0.2) is 23.3 Å². The summed E-state index contributed by atoms with van der Waals surface area (Å²) in [4.78, 5) is 0. The quantitative estimate of drug-likeness (QED) is 0.656. The van der Waals surface area contributed by atoms with E-state index in [1.807, 2.05) is 0 Å². The summed E-state index contributed by atoms with van der Waals surface area (Å²) in [5, 5.41) is 0. The average molecular weight is 254 g/mol. The summed E-state index contributed by atoms with van der Waals surface area (Å²) < 4.78 is 54.2. The van der Waals surface area contributed by atoms with Gasteiger partial charge < -0.3 is 0 Å². The van der Waals surface area contributed by atoms with Gasteiger partial charge in [-0.15, -0.1) is 0 Å². The smallest absolute Gasteiger partial charge is 0.167 e. The van der Waals surface area contributed by atoms with Crippen LogP contribution in [0.2, 0.25) is 0 Å². The van der Waals surface area contributed by atoms with Crippen molar-refractivity contribution in [1.29, 1.82) is 0 Å². The molecule has 0 N–H and O–H groups in total. The van der Waals surface area contributed by atoms with Crippen molar-refractivity contribution < 1.29 is 17.6 Å². The molecule has 0 fully saturated rings. The summed E-state index contributed by atoms with van der Waals surface area (Å²) in [5.41, 5.74) is -0.336. The summed E-state index contributed by atoms with van der Waals surface area (Å²) in [6.45, 7) is 2.79. The lowest BCUT2D eigenvalue weighted by molar-refractivity contribution is 0.496. The molecular formula is C14H10F4. The van der Waals surface area contributed by atoms with Crippen LogP contribution in [0.1, 0.15) is 11.1 Å². The van der Waals surface area contributed by atoms with Crippen LogP contribution in [0.3, 0.4) is 0 Å². The minimum Gasteiger partial charge on any atom is -0.203 e. The lowest BCUT2D eigenvalue weighted by Crippen LogP contribution is -1.98. The maximum atomic E-state index is 13.7. The van der Waals surface area contributed by atoms with Crippen LogP contribution in [0.5, 0.6) is 0 Å². The van der Waals surface area contributed by atoms with Gasteiger partial charge in [0.2, 0.25) is 0 Å². The van der Waals surface area contributed by atoms with Crippen LogP contribution in [-0.2, 0) is 0 Å². The first kappa shape index (κ1) is 12.6. The highest BCUT2D eigenvalue weighted by Crippen LogP contribution is 2.30. The second-order valence-corrected chi connectivity index (χ2v) is 4.12. The molecule has 0 saturated heterocycles. The lowest BCUT2D eigenvalue weighted by atomic mass is 10.0. The zero-order chi connectivity index (χ0) is 13.4. The van der Waals surface area contributed by atoms with E-state index in [0.717, 1.165) is 0 Å². The highest BCUT2D eigenvalue weighted by atomic mass is 19.2. The molecule has 0 nitrogen and oxygen atoms in total. The van der Waals surface area contributed by atoms with E-state index in [9.17, 15) is 17.6 Å².